The van der Waals surface area contributed by atoms with E-state index in [1.54, 1.807) is 13.8 Å². The lowest BCUT2D eigenvalue weighted by Gasteiger charge is -2.44. The second-order valence-electron chi connectivity index (χ2n) is 6.11. The van der Waals surface area contributed by atoms with Crippen molar-refractivity contribution in [3.63, 3.8) is 0 Å². The zero-order valence-electron chi connectivity index (χ0n) is 12.1. The van der Waals surface area contributed by atoms with Crippen LogP contribution in [0, 0.1) is 5.92 Å². The third kappa shape index (κ3) is 2.98. The van der Waals surface area contributed by atoms with Crippen molar-refractivity contribution in [2.75, 3.05) is 0 Å². The lowest BCUT2D eigenvalue weighted by atomic mass is 9.73. The van der Waals surface area contributed by atoms with Gasteiger partial charge in [0.2, 0.25) is 0 Å². The number of hydrogen-bond donors (Lipinski definition) is 1. The molecule has 0 atom stereocenters. The third-order valence-electron chi connectivity index (χ3n) is 4.44. The molecule has 124 valence electrons. The highest BCUT2D eigenvalue weighted by Gasteiger charge is 2.48. The zero-order valence-corrected chi connectivity index (χ0v) is 13.7. The van der Waals surface area contributed by atoms with E-state index >= 15 is 0 Å². The van der Waals surface area contributed by atoms with Crippen molar-refractivity contribution in [1.82, 2.24) is 4.84 Å². The van der Waals surface area contributed by atoms with Crippen LogP contribution in [0.15, 0.2) is 29.2 Å². The van der Waals surface area contributed by atoms with Crippen molar-refractivity contribution in [2.45, 2.75) is 48.5 Å². The molecule has 3 nitrogen and oxygen atoms in total. The van der Waals surface area contributed by atoms with Crippen molar-refractivity contribution in [3.05, 3.63) is 29.8 Å². The number of rotatable bonds is 4. The molecule has 2 rings (SSSR count). The molecule has 1 fully saturated rings. The maximum atomic E-state index is 12.8. The van der Waals surface area contributed by atoms with E-state index in [9.17, 15) is 21.6 Å². The molecule has 0 spiro atoms. The summed E-state index contributed by atoms with van der Waals surface area (Å²) in [6, 6.07) is 3.94. The molecule has 1 saturated carbocycles. The van der Waals surface area contributed by atoms with E-state index < -0.39 is 26.3 Å². The smallest absolute Gasteiger partial charge is 0.230 e. The summed E-state index contributed by atoms with van der Waals surface area (Å²) in [7, 11) is -3.88. The van der Waals surface area contributed by atoms with Gasteiger partial charge in [0, 0.05) is 6.04 Å². The van der Waals surface area contributed by atoms with Gasteiger partial charge >= 0.3 is 6.18 Å². The van der Waals surface area contributed by atoms with Crippen molar-refractivity contribution >= 4 is 21.6 Å². The van der Waals surface area contributed by atoms with Crippen LogP contribution < -0.4 is 4.84 Å². The molecule has 0 saturated heterocycles. The highest BCUT2D eigenvalue weighted by molar-refractivity contribution is 7.92. The Hall–Kier alpha value is -0.790. The predicted octanol–water partition coefficient (Wildman–Crippen LogP) is 3.78. The van der Waals surface area contributed by atoms with E-state index in [0.29, 0.717) is 18.9 Å². The number of halogens is 4. The molecule has 0 aromatic heterocycles. The summed E-state index contributed by atoms with van der Waals surface area (Å²) in [5.74, 6) is -0.150. The average molecular weight is 356 g/mol. The van der Waals surface area contributed by atoms with Gasteiger partial charge in [0.25, 0.3) is 0 Å². The molecular weight excluding hydrogens is 339 g/mol. The summed E-state index contributed by atoms with van der Waals surface area (Å²) < 4.78 is 62.6. The Morgan fingerprint density at radius 1 is 1.23 bits per heavy atom. The molecule has 1 aromatic rings. The minimum absolute atomic E-state index is 0.0441. The Labute approximate surface area is 132 Å². The Morgan fingerprint density at radius 3 is 2.32 bits per heavy atom. The minimum atomic E-state index is -4.57. The molecular formula is C14H17ClF3NO2S. The van der Waals surface area contributed by atoms with Crippen molar-refractivity contribution < 1.29 is 21.6 Å². The van der Waals surface area contributed by atoms with Crippen LogP contribution in [0.4, 0.5) is 13.2 Å². The first-order chi connectivity index (χ1) is 10.00. The predicted molar refractivity (Wildman–Crippen MR) is 78.2 cm³/mol. The molecule has 22 heavy (non-hydrogen) atoms. The second kappa shape index (κ2) is 5.69. The molecule has 0 amide bonds. The molecule has 0 unspecified atom stereocenters. The molecule has 0 heterocycles. The normalized spacial score (nSPS) is 23.2. The van der Waals surface area contributed by atoms with Crippen molar-refractivity contribution in [2.24, 2.45) is 5.92 Å². The van der Waals surface area contributed by atoms with Crippen LogP contribution in [0.5, 0.6) is 0 Å². The minimum Gasteiger partial charge on any atom is -0.230 e. The molecule has 0 aliphatic heterocycles. The monoisotopic (exact) mass is 355 g/mol. The van der Waals surface area contributed by atoms with Crippen molar-refractivity contribution in [3.8, 4) is 0 Å². The average Bonchev–Trinajstić information content (AvgIpc) is 2.36. The quantitative estimate of drug-likeness (QED) is 0.836. The molecule has 1 N–H and O–H groups in total. The van der Waals surface area contributed by atoms with Gasteiger partial charge in [-0.2, -0.15) is 13.2 Å². The highest BCUT2D eigenvalue weighted by atomic mass is 35.5. The number of hydrogen-bond acceptors (Lipinski definition) is 3. The van der Waals surface area contributed by atoms with Gasteiger partial charge in [-0.1, -0.05) is 6.07 Å². The van der Waals surface area contributed by atoms with Crippen molar-refractivity contribution in [1.29, 1.82) is 0 Å². The van der Waals surface area contributed by atoms with Crippen LogP contribution in [0.1, 0.15) is 32.3 Å². The Kier molecular flexibility index (Phi) is 4.54. The number of benzene rings is 1. The number of alkyl halides is 3. The van der Waals surface area contributed by atoms with Crippen LogP contribution in [0.25, 0.3) is 0 Å². The van der Waals surface area contributed by atoms with E-state index in [-0.39, 0.29) is 16.9 Å². The standard InChI is InChI=1S/C14H17ClF3NO2S/c1-13(2,10-6-11(7-10)19-15)22(20,21)12-5-3-4-9(8-12)14(16,17)18/h3-5,8,10-11,19H,6-7H2,1-2H3. The first kappa shape index (κ1) is 17.6. The van der Waals surface area contributed by atoms with E-state index in [2.05, 4.69) is 4.84 Å². The summed E-state index contributed by atoms with van der Waals surface area (Å²) in [5, 5.41) is 0. The molecule has 8 heteroatoms. The van der Waals surface area contributed by atoms with Gasteiger partial charge in [-0.25, -0.2) is 13.3 Å². The van der Waals surface area contributed by atoms with Crippen LogP contribution in [0.2, 0.25) is 0 Å². The first-order valence-corrected chi connectivity index (χ1v) is 8.64. The summed E-state index contributed by atoms with van der Waals surface area (Å²) >= 11 is 5.50. The SMILES string of the molecule is CC(C)(C1CC(NCl)C1)S(=O)(=O)c1cccc(C(F)(F)F)c1. The van der Waals surface area contributed by atoms with Gasteiger partial charge in [-0.05, 0) is 62.6 Å². The van der Waals surface area contributed by atoms with E-state index in [1.165, 1.54) is 6.07 Å². The second-order valence-corrected chi connectivity index (χ2v) is 8.86. The fraction of sp³-hybridized carbons (Fsp3) is 0.571. The first-order valence-electron chi connectivity index (χ1n) is 6.78. The maximum Gasteiger partial charge on any atom is 0.416 e. The summed E-state index contributed by atoms with van der Waals surface area (Å²) in [4.78, 5) is 2.26. The molecule has 0 bridgehead atoms. The maximum absolute atomic E-state index is 12.8. The topological polar surface area (TPSA) is 46.2 Å². The van der Waals surface area contributed by atoms with Crippen LogP contribution >= 0.6 is 11.8 Å². The van der Waals surface area contributed by atoms with Gasteiger partial charge in [-0.3, -0.25) is 0 Å². The molecule has 0 radical (unpaired) electrons. The Bertz CT molecular complexity index is 652. The fourth-order valence-corrected chi connectivity index (χ4v) is 4.59. The largest absolute Gasteiger partial charge is 0.416 e. The van der Waals surface area contributed by atoms with E-state index in [4.69, 9.17) is 11.8 Å². The van der Waals surface area contributed by atoms with Gasteiger partial charge in [0.05, 0.1) is 15.2 Å². The lowest BCUT2D eigenvalue weighted by molar-refractivity contribution is -0.137. The lowest BCUT2D eigenvalue weighted by Crippen LogP contribution is -2.50. The van der Waals surface area contributed by atoms with Crippen LogP contribution in [0.3, 0.4) is 0 Å². The summed E-state index contributed by atoms with van der Waals surface area (Å²) in [6.45, 7) is 3.11. The molecule has 1 aliphatic carbocycles. The summed E-state index contributed by atoms with van der Waals surface area (Å²) in [5.41, 5.74) is -0.960. The Morgan fingerprint density at radius 2 is 1.82 bits per heavy atom. The van der Waals surface area contributed by atoms with Gasteiger partial charge in [0.15, 0.2) is 9.84 Å². The van der Waals surface area contributed by atoms with Crippen LogP contribution in [-0.4, -0.2) is 19.2 Å². The number of nitrogens with one attached hydrogen (secondary N) is 1. The third-order valence-corrected chi connectivity index (χ3v) is 7.34. The number of sulfone groups is 1. The van der Waals surface area contributed by atoms with E-state index in [0.717, 1.165) is 12.1 Å². The summed E-state index contributed by atoms with van der Waals surface area (Å²) in [6.07, 6.45) is -3.41. The Balaban J connectivity index is 2.34. The van der Waals surface area contributed by atoms with Gasteiger partial charge < -0.3 is 0 Å². The fourth-order valence-electron chi connectivity index (χ4n) is 2.64. The molecule has 1 aromatic carbocycles. The molecule has 1 aliphatic rings. The van der Waals surface area contributed by atoms with Gasteiger partial charge in [-0.15, -0.1) is 0 Å². The zero-order chi connectivity index (χ0) is 16.8. The highest BCUT2D eigenvalue weighted by Crippen LogP contribution is 2.44. The van der Waals surface area contributed by atoms with Gasteiger partial charge in [0.1, 0.15) is 0 Å². The van der Waals surface area contributed by atoms with E-state index in [1.807, 2.05) is 0 Å². The van der Waals surface area contributed by atoms with Crippen LogP contribution in [-0.2, 0) is 16.0 Å².